The Hall–Kier alpha value is -2.66. The Morgan fingerprint density at radius 2 is 1.77 bits per heavy atom. The summed E-state index contributed by atoms with van der Waals surface area (Å²) in [5, 5.41) is 6.03. The molecule has 1 heterocycles. The molecule has 0 aliphatic carbocycles. The quantitative estimate of drug-likeness (QED) is 0.634. The van der Waals surface area contributed by atoms with Gasteiger partial charge in [-0.15, -0.1) is 11.3 Å². The monoisotopic (exact) mass is 365 g/mol. The summed E-state index contributed by atoms with van der Waals surface area (Å²) in [7, 11) is 0. The summed E-state index contributed by atoms with van der Waals surface area (Å²) in [6.07, 6.45) is 0. The molecule has 0 aliphatic rings. The first-order valence-corrected chi connectivity index (χ1v) is 9.68. The molecule has 1 aromatic heterocycles. The molecule has 4 nitrogen and oxygen atoms in total. The first-order chi connectivity index (χ1) is 12.6. The van der Waals surface area contributed by atoms with Crippen LogP contribution in [0.4, 0.5) is 10.5 Å². The van der Waals surface area contributed by atoms with Gasteiger partial charge in [0.15, 0.2) is 0 Å². The number of benzene rings is 2. The van der Waals surface area contributed by atoms with Crippen molar-refractivity contribution in [1.29, 1.82) is 0 Å². The van der Waals surface area contributed by atoms with E-state index in [4.69, 9.17) is 4.98 Å². The predicted molar refractivity (Wildman–Crippen MR) is 110 cm³/mol. The Morgan fingerprint density at radius 1 is 1.08 bits per heavy atom. The maximum Gasteiger partial charge on any atom is 0.321 e. The van der Waals surface area contributed by atoms with Gasteiger partial charge in [-0.2, -0.15) is 0 Å². The summed E-state index contributed by atoms with van der Waals surface area (Å²) in [6, 6.07) is 16.0. The normalized spacial score (nSPS) is 10.6. The number of rotatable bonds is 5. The molecule has 3 aromatic rings. The highest BCUT2D eigenvalue weighted by Crippen LogP contribution is 2.31. The third-order valence-electron chi connectivity index (χ3n) is 4.36. The summed E-state index contributed by atoms with van der Waals surface area (Å²) >= 11 is 1.65. The lowest BCUT2D eigenvalue weighted by Crippen LogP contribution is -2.34. The lowest BCUT2D eigenvalue weighted by atomic mass is 10.1. The molecule has 0 spiro atoms. The van der Waals surface area contributed by atoms with Crippen molar-refractivity contribution in [3.05, 3.63) is 59.5 Å². The van der Waals surface area contributed by atoms with Gasteiger partial charge in [0.05, 0.1) is 5.69 Å². The van der Waals surface area contributed by atoms with Crippen LogP contribution in [-0.2, 0) is 0 Å². The van der Waals surface area contributed by atoms with Crippen molar-refractivity contribution in [3.63, 3.8) is 0 Å². The smallest absolute Gasteiger partial charge is 0.321 e. The molecule has 0 bridgehead atoms. The summed E-state index contributed by atoms with van der Waals surface area (Å²) in [6.45, 7) is 7.44. The van der Waals surface area contributed by atoms with Crippen molar-refractivity contribution in [2.45, 2.75) is 20.8 Å². The molecule has 2 aromatic carbocycles. The number of hydrogen-bond donors (Lipinski definition) is 1. The number of anilines is 1. The highest BCUT2D eigenvalue weighted by Gasteiger charge is 2.11. The van der Waals surface area contributed by atoms with E-state index in [2.05, 4.69) is 29.8 Å². The lowest BCUT2D eigenvalue weighted by Gasteiger charge is -2.19. The number of urea groups is 1. The SMILES string of the molecule is CCN(CC)C(=O)Nc1ccc(-c2csc(-c3ccccc3C)n2)cc1. The van der Waals surface area contributed by atoms with E-state index < -0.39 is 0 Å². The molecule has 1 N–H and O–H groups in total. The predicted octanol–water partition coefficient (Wildman–Crippen LogP) is 5.66. The minimum absolute atomic E-state index is 0.0711. The molecule has 0 unspecified atom stereocenters. The van der Waals surface area contributed by atoms with Gasteiger partial charge in [-0.05, 0) is 38.5 Å². The van der Waals surface area contributed by atoms with Crippen molar-refractivity contribution in [1.82, 2.24) is 9.88 Å². The number of amides is 2. The summed E-state index contributed by atoms with van der Waals surface area (Å²) in [5.41, 5.74) is 5.19. The maximum absolute atomic E-state index is 12.1. The van der Waals surface area contributed by atoms with Crippen LogP contribution in [0.1, 0.15) is 19.4 Å². The van der Waals surface area contributed by atoms with E-state index in [0.717, 1.165) is 22.0 Å². The number of thiazole rings is 1. The average Bonchev–Trinajstić information content (AvgIpc) is 3.13. The van der Waals surface area contributed by atoms with E-state index in [1.165, 1.54) is 11.1 Å². The number of carbonyl (C=O) groups is 1. The second-order valence-electron chi connectivity index (χ2n) is 6.03. The fourth-order valence-corrected chi connectivity index (χ4v) is 3.70. The van der Waals surface area contributed by atoms with Gasteiger partial charge in [0.2, 0.25) is 0 Å². The van der Waals surface area contributed by atoms with E-state index in [1.807, 2.05) is 50.2 Å². The fourth-order valence-electron chi connectivity index (χ4n) is 2.78. The number of aromatic nitrogens is 1. The second kappa shape index (κ2) is 8.15. The highest BCUT2D eigenvalue weighted by molar-refractivity contribution is 7.13. The number of nitrogens with one attached hydrogen (secondary N) is 1. The van der Waals surface area contributed by atoms with Gasteiger partial charge in [0.25, 0.3) is 0 Å². The molecule has 134 valence electrons. The topological polar surface area (TPSA) is 45.2 Å². The van der Waals surface area contributed by atoms with Crippen molar-refractivity contribution in [2.24, 2.45) is 0 Å². The van der Waals surface area contributed by atoms with Gasteiger partial charge < -0.3 is 10.2 Å². The Balaban J connectivity index is 1.75. The molecule has 5 heteroatoms. The van der Waals surface area contributed by atoms with Crippen molar-refractivity contribution in [2.75, 3.05) is 18.4 Å². The first-order valence-electron chi connectivity index (χ1n) is 8.80. The van der Waals surface area contributed by atoms with Crippen molar-refractivity contribution in [3.8, 4) is 21.8 Å². The number of carbonyl (C=O) groups excluding carboxylic acids is 1. The molecular weight excluding hydrogens is 342 g/mol. The molecular formula is C21H23N3OS. The largest absolute Gasteiger partial charge is 0.325 e. The van der Waals surface area contributed by atoms with Crippen LogP contribution in [0.15, 0.2) is 53.9 Å². The van der Waals surface area contributed by atoms with E-state index in [-0.39, 0.29) is 6.03 Å². The summed E-state index contributed by atoms with van der Waals surface area (Å²) < 4.78 is 0. The average molecular weight is 366 g/mol. The second-order valence-corrected chi connectivity index (χ2v) is 6.89. The van der Waals surface area contributed by atoms with Crippen molar-refractivity contribution >= 4 is 23.1 Å². The third kappa shape index (κ3) is 3.94. The Morgan fingerprint density at radius 3 is 2.42 bits per heavy atom. The Labute approximate surface area is 158 Å². The van der Waals surface area contributed by atoms with Crippen molar-refractivity contribution < 1.29 is 4.79 Å². The van der Waals surface area contributed by atoms with Crippen LogP contribution in [0.5, 0.6) is 0 Å². The van der Waals surface area contributed by atoms with Gasteiger partial charge in [0.1, 0.15) is 5.01 Å². The van der Waals surface area contributed by atoms with Gasteiger partial charge in [-0.1, -0.05) is 36.4 Å². The van der Waals surface area contributed by atoms with E-state index >= 15 is 0 Å². The molecule has 26 heavy (non-hydrogen) atoms. The van der Waals surface area contributed by atoms with Gasteiger partial charge in [-0.3, -0.25) is 0 Å². The van der Waals surface area contributed by atoms with E-state index in [1.54, 1.807) is 16.2 Å². The number of hydrogen-bond acceptors (Lipinski definition) is 3. The van der Waals surface area contributed by atoms with Crippen LogP contribution in [-0.4, -0.2) is 29.0 Å². The summed E-state index contributed by atoms with van der Waals surface area (Å²) in [5.74, 6) is 0. The van der Waals surface area contributed by atoms with Crippen LogP contribution in [0.25, 0.3) is 21.8 Å². The minimum Gasteiger partial charge on any atom is -0.325 e. The summed E-state index contributed by atoms with van der Waals surface area (Å²) in [4.78, 5) is 18.7. The fraction of sp³-hybridized carbons (Fsp3) is 0.238. The zero-order valence-corrected chi connectivity index (χ0v) is 16.1. The first kappa shape index (κ1) is 18.1. The van der Waals surface area contributed by atoms with Gasteiger partial charge in [0, 0.05) is 35.3 Å². The lowest BCUT2D eigenvalue weighted by molar-refractivity contribution is 0.217. The van der Waals surface area contributed by atoms with Crippen LogP contribution in [0, 0.1) is 6.92 Å². The molecule has 3 rings (SSSR count). The number of nitrogens with zero attached hydrogens (tertiary/aromatic N) is 2. The molecule has 0 saturated heterocycles. The molecule has 0 fully saturated rings. The van der Waals surface area contributed by atoms with E-state index in [0.29, 0.717) is 13.1 Å². The van der Waals surface area contributed by atoms with Crippen LogP contribution in [0.3, 0.4) is 0 Å². The third-order valence-corrected chi connectivity index (χ3v) is 5.24. The zero-order chi connectivity index (χ0) is 18.5. The Bertz CT molecular complexity index is 882. The molecule has 0 aliphatic heterocycles. The zero-order valence-electron chi connectivity index (χ0n) is 15.3. The molecule has 2 amide bonds. The van der Waals surface area contributed by atoms with Crippen LogP contribution >= 0.6 is 11.3 Å². The van der Waals surface area contributed by atoms with Gasteiger partial charge in [-0.25, -0.2) is 9.78 Å². The standard InChI is InChI=1S/C21H23N3OS/c1-4-24(5-2)21(25)22-17-12-10-16(11-13-17)19-14-26-20(23-19)18-9-7-6-8-15(18)3/h6-14H,4-5H2,1-3H3,(H,22,25). The maximum atomic E-state index is 12.1. The Kier molecular flexibility index (Phi) is 5.68. The highest BCUT2D eigenvalue weighted by atomic mass is 32.1. The van der Waals surface area contributed by atoms with Gasteiger partial charge >= 0.3 is 6.03 Å². The number of aryl methyl sites for hydroxylation is 1. The molecule has 0 radical (unpaired) electrons. The van der Waals surface area contributed by atoms with Crippen LogP contribution < -0.4 is 5.32 Å². The molecule has 0 atom stereocenters. The van der Waals surface area contributed by atoms with E-state index in [9.17, 15) is 4.79 Å². The van der Waals surface area contributed by atoms with Crippen LogP contribution in [0.2, 0.25) is 0 Å². The minimum atomic E-state index is -0.0711. The molecule has 0 saturated carbocycles.